The van der Waals surface area contributed by atoms with Crippen LogP contribution in [-0.4, -0.2) is 78.9 Å². The third kappa shape index (κ3) is 10.1. The maximum absolute atomic E-state index is 12.1. The van der Waals surface area contributed by atoms with Gasteiger partial charge in [0.1, 0.15) is 43.7 Å². The minimum absolute atomic E-state index is 0.0524. The van der Waals surface area contributed by atoms with Gasteiger partial charge in [0.2, 0.25) is 0 Å². The number of aliphatic hydroxyl groups excluding tert-OH is 2. The first-order chi connectivity index (χ1) is 23.5. The smallest absolute Gasteiger partial charge is 0.351 e. The predicted molar refractivity (Wildman–Crippen MR) is 182 cm³/mol. The van der Waals surface area contributed by atoms with Crippen LogP contribution in [0.25, 0.3) is 0 Å². The standard InChI is InChI=1S/C17H27N3O5.C17H26N2O6/c1-4-5-6-7-13(21)24-10-11-14(22)17(2,3)15(25-11)20-9-8-12(18)19-16(20)23;1-4-5-6-7-13(21)24-10-11-14(22)17(2,3)15(25-11)19-9-8-12(20)18-16(19)23/h8-9,11,14-15,22H,4-7,10H2,1-3H3,(H2,18,19,23);8-9,11,14-15,22H,4-7,10H2,1-3H3,(H,18,20,23)/t2*11-,14?,15-/m11/s1. The Morgan fingerprint density at radius 2 is 1.28 bits per heavy atom. The van der Waals surface area contributed by atoms with Crippen LogP contribution < -0.4 is 22.7 Å². The number of aromatic amines is 1. The Hall–Kier alpha value is -3.86. The minimum atomic E-state index is -0.931. The van der Waals surface area contributed by atoms with Crippen molar-refractivity contribution < 1.29 is 38.7 Å². The van der Waals surface area contributed by atoms with E-state index in [9.17, 15) is 34.2 Å². The van der Waals surface area contributed by atoms with Gasteiger partial charge in [-0.15, -0.1) is 0 Å². The van der Waals surface area contributed by atoms with Crippen LogP contribution in [0, 0.1) is 10.8 Å². The average molecular weight is 708 g/mol. The molecule has 16 nitrogen and oxygen atoms in total. The minimum Gasteiger partial charge on any atom is -0.463 e. The first kappa shape index (κ1) is 40.6. The second-order valence-electron chi connectivity index (χ2n) is 13.9. The molecule has 6 atom stereocenters. The number of nitrogens with two attached hydrogens (primary N) is 1. The van der Waals surface area contributed by atoms with E-state index in [0.29, 0.717) is 12.8 Å². The van der Waals surface area contributed by atoms with E-state index in [1.54, 1.807) is 27.7 Å². The summed E-state index contributed by atoms with van der Waals surface area (Å²) in [7, 11) is 0. The fourth-order valence-corrected chi connectivity index (χ4v) is 5.94. The molecule has 2 saturated heterocycles. The molecule has 4 rings (SSSR count). The third-order valence-corrected chi connectivity index (χ3v) is 9.10. The van der Waals surface area contributed by atoms with Crippen molar-refractivity contribution in [3.05, 3.63) is 55.8 Å². The lowest BCUT2D eigenvalue weighted by Crippen LogP contribution is -2.39. The molecule has 0 aromatic carbocycles. The van der Waals surface area contributed by atoms with E-state index in [-0.39, 0.29) is 31.0 Å². The molecule has 0 bridgehead atoms. The number of carbonyl (C=O) groups is 2. The number of anilines is 1. The molecule has 5 N–H and O–H groups in total. The lowest BCUT2D eigenvalue weighted by atomic mass is 9.84. The van der Waals surface area contributed by atoms with E-state index < -0.39 is 64.6 Å². The number of aliphatic hydroxyl groups is 2. The monoisotopic (exact) mass is 707 g/mol. The summed E-state index contributed by atoms with van der Waals surface area (Å²) in [5, 5.41) is 21.1. The molecule has 0 amide bonds. The third-order valence-electron chi connectivity index (χ3n) is 9.10. The summed E-state index contributed by atoms with van der Waals surface area (Å²) in [4.78, 5) is 64.6. The number of nitrogens with one attached hydrogen (secondary N) is 1. The Kier molecular flexibility index (Phi) is 14.5. The van der Waals surface area contributed by atoms with Crippen LogP contribution in [-0.2, 0) is 28.5 Å². The van der Waals surface area contributed by atoms with Crippen LogP contribution in [0.4, 0.5) is 5.82 Å². The molecule has 2 aliphatic heterocycles. The van der Waals surface area contributed by atoms with Crippen LogP contribution in [0.15, 0.2) is 38.9 Å². The molecule has 0 spiro atoms. The number of aromatic nitrogens is 4. The van der Waals surface area contributed by atoms with Gasteiger partial charge in [-0.2, -0.15) is 4.98 Å². The molecular formula is C34H53N5O11. The van der Waals surface area contributed by atoms with E-state index in [4.69, 9.17) is 24.7 Å². The number of hydrogen-bond acceptors (Lipinski definition) is 13. The average Bonchev–Trinajstić information content (AvgIpc) is 3.41. The van der Waals surface area contributed by atoms with Gasteiger partial charge in [0.15, 0.2) is 0 Å². The molecule has 0 aliphatic carbocycles. The molecule has 0 radical (unpaired) electrons. The molecular weight excluding hydrogens is 654 g/mol. The van der Waals surface area contributed by atoms with Crippen molar-refractivity contribution in [1.29, 1.82) is 0 Å². The zero-order valence-corrected chi connectivity index (χ0v) is 29.8. The summed E-state index contributed by atoms with van der Waals surface area (Å²) < 4.78 is 24.6. The second-order valence-corrected chi connectivity index (χ2v) is 13.9. The Morgan fingerprint density at radius 1 is 0.820 bits per heavy atom. The van der Waals surface area contributed by atoms with Crippen molar-refractivity contribution in [2.45, 2.75) is 130 Å². The highest BCUT2D eigenvalue weighted by Crippen LogP contribution is 2.45. The summed E-state index contributed by atoms with van der Waals surface area (Å²) in [6.07, 6.45) is 4.24. The Balaban J connectivity index is 0.000000270. The van der Waals surface area contributed by atoms with Crippen molar-refractivity contribution in [2.75, 3.05) is 18.9 Å². The van der Waals surface area contributed by atoms with Crippen LogP contribution in [0.5, 0.6) is 0 Å². The maximum atomic E-state index is 12.1. The Morgan fingerprint density at radius 3 is 1.72 bits per heavy atom. The van der Waals surface area contributed by atoms with E-state index in [1.807, 2.05) is 0 Å². The maximum Gasteiger partial charge on any atom is 0.351 e. The molecule has 2 fully saturated rings. The summed E-state index contributed by atoms with van der Waals surface area (Å²) in [6.45, 7) is 11.1. The second kappa shape index (κ2) is 17.9. The highest BCUT2D eigenvalue weighted by atomic mass is 16.6. The number of nitrogen functional groups attached to an aromatic ring is 1. The molecule has 2 aromatic rings. The fourth-order valence-electron chi connectivity index (χ4n) is 5.94. The molecule has 50 heavy (non-hydrogen) atoms. The first-order valence-corrected chi connectivity index (χ1v) is 17.2. The van der Waals surface area contributed by atoms with Crippen molar-refractivity contribution in [2.24, 2.45) is 10.8 Å². The molecule has 16 heteroatoms. The van der Waals surface area contributed by atoms with Gasteiger partial charge in [0.05, 0.1) is 12.2 Å². The molecule has 2 unspecified atom stereocenters. The van der Waals surface area contributed by atoms with Gasteiger partial charge in [0.25, 0.3) is 5.56 Å². The summed E-state index contributed by atoms with van der Waals surface area (Å²) in [6, 6.07) is 2.71. The molecule has 2 aromatic heterocycles. The van der Waals surface area contributed by atoms with Gasteiger partial charge >= 0.3 is 23.3 Å². The van der Waals surface area contributed by atoms with Crippen LogP contribution >= 0.6 is 0 Å². The largest absolute Gasteiger partial charge is 0.463 e. The Labute approximate surface area is 290 Å². The number of nitrogens with zero attached hydrogens (tertiary/aromatic N) is 3. The summed E-state index contributed by atoms with van der Waals surface area (Å²) in [5.74, 6) is -0.515. The Bertz CT molecular complexity index is 1600. The highest BCUT2D eigenvalue weighted by molar-refractivity contribution is 5.69. The lowest BCUT2D eigenvalue weighted by Gasteiger charge is -2.28. The SMILES string of the molecule is CCCCCC(=O)OC[C@H]1O[C@@H](n2ccc(=O)[nH]c2=O)C(C)(C)C1O.CCCCCC(=O)OC[C@H]1O[C@@H](n2ccc(N)nc2=O)C(C)(C)C1O. The lowest BCUT2D eigenvalue weighted by molar-refractivity contribution is -0.151. The number of hydrogen-bond donors (Lipinski definition) is 4. The van der Waals surface area contributed by atoms with Gasteiger partial charge in [-0.05, 0) is 18.9 Å². The number of esters is 2. The fraction of sp³-hybridized carbons (Fsp3) is 0.706. The van der Waals surface area contributed by atoms with Crippen molar-refractivity contribution in [3.63, 3.8) is 0 Å². The van der Waals surface area contributed by atoms with E-state index >= 15 is 0 Å². The van der Waals surface area contributed by atoms with E-state index in [2.05, 4.69) is 23.8 Å². The van der Waals surface area contributed by atoms with Crippen molar-refractivity contribution >= 4 is 17.8 Å². The zero-order chi connectivity index (χ0) is 37.2. The number of unbranched alkanes of at least 4 members (excludes halogenated alkanes) is 4. The topological polar surface area (TPSA) is 227 Å². The van der Waals surface area contributed by atoms with Crippen molar-refractivity contribution in [1.82, 2.24) is 19.1 Å². The van der Waals surface area contributed by atoms with Crippen LogP contribution in [0.1, 0.15) is 105 Å². The number of ether oxygens (including phenoxy) is 4. The quantitative estimate of drug-likeness (QED) is 0.163. The summed E-state index contributed by atoms with van der Waals surface area (Å²) in [5.41, 5.74) is 2.27. The highest BCUT2D eigenvalue weighted by Gasteiger charge is 2.52. The normalized spacial score (nSPS) is 25.0. The van der Waals surface area contributed by atoms with Gasteiger partial charge in [-0.1, -0.05) is 67.2 Å². The van der Waals surface area contributed by atoms with E-state index in [0.717, 1.165) is 38.5 Å². The summed E-state index contributed by atoms with van der Waals surface area (Å²) >= 11 is 0. The van der Waals surface area contributed by atoms with E-state index in [1.165, 1.54) is 33.7 Å². The van der Waals surface area contributed by atoms with Crippen LogP contribution in [0.3, 0.4) is 0 Å². The predicted octanol–water partition coefficient (Wildman–Crippen LogP) is 2.18. The molecule has 280 valence electrons. The van der Waals surface area contributed by atoms with Gasteiger partial charge in [-0.25, -0.2) is 9.59 Å². The van der Waals surface area contributed by atoms with Gasteiger partial charge in [-0.3, -0.25) is 28.5 Å². The molecule has 2 aliphatic rings. The van der Waals surface area contributed by atoms with Crippen molar-refractivity contribution in [3.8, 4) is 0 Å². The molecule has 4 heterocycles. The van der Waals surface area contributed by atoms with Gasteiger partial charge in [0, 0.05) is 42.1 Å². The number of carbonyl (C=O) groups excluding carboxylic acids is 2. The molecule has 0 saturated carbocycles. The number of H-pyrrole nitrogens is 1. The number of rotatable bonds is 14. The van der Waals surface area contributed by atoms with Gasteiger partial charge < -0.3 is 34.9 Å². The van der Waals surface area contributed by atoms with Crippen LogP contribution in [0.2, 0.25) is 0 Å². The zero-order valence-electron chi connectivity index (χ0n) is 29.8. The first-order valence-electron chi connectivity index (χ1n) is 17.2.